The molecule has 1 heterocycles. The Kier molecular flexibility index (Phi) is 8.09. The molecule has 0 atom stereocenters. The second kappa shape index (κ2) is 10.3. The van der Waals surface area contributed by atoms with Gasteiger partial charge in [-0.15, -0.1) is 12.4 Å². The number of amides is 1. The van der Waals surface area contributed by atoms with Crippen LogP contribution in [0.15, 0.2) is 42.5 Å². The highest BCUT2D eigenvalue weighted by Crippen LogP contribution is 2.19. The van der Waals surface area contributed by atoms with E-state index in [2.05, 4.69) is 24.1 Å². The van der Waals surface area contributed by atoms with Crippen molar-refractivity contribution in [2.75, 3.05) is 31.6 Å². The standard InChI is InChI=1S/C23H30N4O.ClH/c1-17-15-18(10-11-21(17)23(28)27-13-3-4-14-27)7-6-12-26(2)20-9-5-8-19(16-20)22(24)25;/h5,8-11,15-16H,3-4,6-7,12-14H2,1-2H3,(H3,24,25);1H. The van der Waals surface area contributed by atoms with Gasteiger partial charge in [-0.1, -0.05) is 24.3 Å². The molecule has 1 aliphatic heterocycles. The lowest BCUT2D eigenvalue weighted by atomic mass is 10.0. The second-order valence-electron chi connectivity index (χ2n) is 7.64. The third kappa shape index (κ3) is 5.73. The van der Waals surface area contributed by atoms with Gasteiger partial charge in [0.2, 0.25) is 0 Å². The first-order chi connectivity index (χ1) is 13.5. The molecular formula is C23H31ClN4O. The first-order valence-electron chi connectivity index (χ1n) is 10.00. The van der Waals surface area contributed by atoms with Crippen molar-refractivity contribution < 1.29 is 4.79 Å². The Balaban J connectivity index is 0.00000300. The van der Waals surface area contributed by atoms with Crippen molar-refractivity contribution in [3.8, 4) is 0 Å². The third-order valence-electron chi connectivity index (χ3n) is 5.47. The minimum atomic E-state index is 0. The van der Waals surface area contributed by atoms with Crippen LogP contribution in [0.25, 0.3) is 0 Å². The van der Waals surface area contributed by atoms with E-state index in [-0.39, 0.29) is 24.1 Å². The van der Waals surface area contributed by atoms with Crippen molar-refractivity contribution in [1.29, 1.82) is 5.41 Å². The highest BCUT2D eigenvalue weighted by Gasteiger charge is 2.20. The molecule has 156 valence electrons. The van der Waals surface area contributed by atoms with Crippen LogP contribution in [0.2, 0.25) is 0 Å². The van der Waals surface area contributed by atoms with Crippen LogP contribution in [0.4, 0.5) is 5.69 Å². The SMILES string of the molecule is Cc1cc(CCCN(C)c2cccc(C(=N)N)c2)ccc1C(=O)N1CCCC1.Cl. The molecule has 0 aromatic heterocycles. The van der Waals surface area contributed by atoms with E-state index in [0.29, 0.717) is 0 Å². The van der Waals surface area contributed by atoms with E-state index in [1.54, 1.807) is 0 Å². The normalized spacial score (nSPS) is 13.1. The fourth-order valence-electron chi connectivity index (χ4n) is 3.77. The number of carbonyl (C=O) groups excluding carboxylic acids is 1. The number of halogens is 1. The monoisotopic (exact) mass is 414 g/mol. The van der Waals surface area contributed by atoms with Gasteiger partial charge in [-0.2, -0.15) is 0 Å². The summed E-state index contributed by atoms with van der Waals surface area (Å²) < 4.78 is 0. The van der Waals surface area contributed by atoms with Crippen molar-refractivity contribution in [3.63, 3.8) is 0 Å². The molecule has 2 aromatic carbocycles. The zero-order valence-electron chi connectivity index (χ0n) is 17.3. The maximum atomic E-state index is 12.6. The topological polar surface area (TPSA) is 73.4 Å². The fraction of sp³-hybridized carbons (Fsp3) is 0.391. The van der Waals surface area contributed by atoms with Gasteiger partial charge in [0.05, 0.1) is 0 Å². The molecule has 1 saturated heterocycles. The van der Waals surface area contributed by atoms with E-state index in [9.17, 15) is 4.79 Å². The van der Waals surface area contributed by atoms with E-state index in [4.69, 9.17) is 11.1 Å². The first kappa shape index (κ1) is 22.8. The number of hydrogen-bond acceptors (Lipinski definition) is 3. The summed E-state index contributed by atoms with van der Waals surface area (Å²) >= 11 is 0. The van der Waals surface area contributed by atoms with Crippen LogP contribution in [0.1, 0.15) is 46.3 Å². The summed E-state index contributed by atoms with van der Waals surface area (Å²) in [7, 11) is 2.06. The van der Waals surface area contributed by atoms with Crippen molar-refractivity contribution in [3.05, 3.63) is 64.7 Å². The molecule has 0 bridgehead atoms. The highest BCUT2D eigenvalue weighted by molar-refractivity contribution is 5.96. The summed E-state index contributed by atoms with van der Waals surface area (Å²) in [4.78, 5) is 16.8. The molecule has 6 heteroatoms. The van der Waals surface area contributed by atoms with Crippen LogP contribution in [0, 0.1) is 12.3 Å². The molecule has 1 amide bonds. The summed E-state index contributed by atoms with van der Waals surface area (Å²) in [6.07, 6.45) is 4.22. The van der Waals surface area contributed by atoms with Crippen LogP contribution in [0.5, 0.6) is 0 Å². The van der Waals surface area contributed by atoms with Gasteiger partial charge in [-0.25, -0.2) is 0 Å². The number of nitrogen functional groups attached to an aromatic ring is 1. The molecule has 0 unspecified atom stereocenters. The minimum Gasteiger partial charge on any atom is -0.384 e. The molecule has 1 aliphatic rings. The number of likely N-dealkylation sites (tertiary alicyclic amines) is 1. The number of nitrogens with one attached hydrogen (secondary N) is 1. The first-order valence-corrected chi connectivity index (χ1v) is 10.00. The Morgan fingerprint density at radius 1 is 1.17 bits per heavy atom. The van der Waals surface area contributed by atoms with Crippen LogP contribution >= 0.6 is 12.4 Å². The number of nitrogens with zero attached hydrogens (tertiary/aromatic N) is 2. The zero-order valence-corrected chi connectivity index (χ0v) is 18.1. The largest absolute Gasteiger partial charge is 0.384 e. The maximum absolute atomic E-state index is 12.6. The van der Waals surface area contributed by atoms with Crippen molar-refractivity contribution in [2.45, 2.75) is 32.6 Å². The Morgan fingerprint density at radius 2 is 1.90 bits per heavy atom. The number of amidine groups is 1. The second-order valence-corrected chi connectivity index (χ2v) is 7.64. The Hall–Kier alpha value is -2.53. The van der Waals surface area contributed by atoms with E-state index in [1.165, 1.54) is 5.56 Å². The van der Waals surface area contributed by atoms with Gasteiger partial charge in [0, 0.05) is 43.5 Å². The van der Waals surface area contributed by atoms with Gasteiger partial charge < -0.3 is 15.5 Å². The van der Waals surface area contributed by atoms with Crippen molar-refractivity contribution in [1.82, 2.24) is 4.90 Å². The van der Waals surface area contributed by atoms with E-state index >= 15 is 0 Å². The molecule has 1 fully saturated rings. The minimum absolute atomic E-state index is 0. The van der Waals surface area contributed by atoms with E-state index < -0.39 is 0 Å². The number of anilines is 1. The van der Waals surface area contributed by atoms with Gasteiger partial charge in [0.1, 0.15) is 5.84 Å². The molecule has 0 aliphatic carbocycles. The molecule has 0 radical (unpaired) electrons. The lowest BCUT2D eigenvalue weighted by Crippen LogP contribution is -2.28. The van der Waals surface area contributed by atoms with Crippen molar-refractivity contribution in [2.24, 2.45) is 5.73 Å². The molecule has 0 spiro atoms. The highest BCUT2D eigenvalue weighted by atomic mass is 35.5. The number of rotatable bonds is 7. The smallest absolute Gasteiger partial charge is 0.254 e. The summed E-state index contributed by atoms with van der Waals surface area (Å²) in [5, 5.41) is 7.58. The summed E-state index contributed by atoms with van der Waals surface area (Å²) in [5.41, 5.74) is 10.6. The molecule has 3 N–H and O–H groups in total. The number of nitrogens with two attached hydrogens (primary N) is 1. The Bertz CT molecular complexity index is 862. The fourth-order valence-corrected chi connectivity index (χ4v) is 3.77. The molecule has 29 heavy (non-hydrogen) atoms. The average molecular weight is 415 g/mol. The van der Waals surface area contributed by atoms with Gasteiger partial charge in [-0.05, 0) is 61.9 Å². The van der Waals surface area contributed by atoms with Crippen LogP contribution in [-0.4, -0.2) is 43.3 Å². The molecule has 2 aromatic rings. The van der Waals surface area contributed by atoms with Crippen molar-refractivity contribution >= 4 is 29.8 Å². The van der Waals surface area contributed by atoms with Crippen LogP contribution in [-0.2, 0) is 6.42 Å². The van der Waals surface area contributed by atoms with Crippen LogP contribution in [0.3, 0.4) is 0 Å². The number of aryl methyl sites for hydroxylation is 2. The van der Waals surface area contributed by atoms with Gasteiger partial charge in [0.15, 0.2) is 0 Å². The molecule has 0 saturated carbocycles. The predicted octanol–water partition coefficient (Wildman–Crippen LogP) is 4.01. The Labute approximate surface area is 179 Å². The lowest BCUT2D eigenvalue weighted by Gasteiger charge is -2.20. The molecular weight excluding hydrogens is 384 g/mol. The van der Waals surface area contributed by atoms with E-state index in [1.807, 2.05) is 42.2 Å². The lowest BCUT2D eigenvalue weighted by molar-refractivity contribution is 0.0792. The summed E-state index contributed by atoms with van der Waals surface area (Å²) in [6.45, 7) is 4.72. The van der Waals surface area contributed by atoms with E-state index in [0.717, 1.165) is 67.7 Å². The number of carbonyl (C=O) groups is 1. The van der Waals surface area contributed by atoms with Gasteiger partial charge in [-0.3, -0.25) is 10.2 Å². The Morgan fingerprint density at radius 3 is 2.55 bits per heavy atom. The summed E-state index contributed by atoms with van der Waals surface area (Å²) in [6, 6.07) is 14.0. The number of hydrogen-bond donors (Lipinski definition) is 2. The zero-order chi connectivity index (χ0) is 20.1. The predicted molar refractivity (Wildman–Crippen MR) is 123 cm³/mol. The average Bonchev–Trinajstić information content (AvgIpc) is 3.22. The maximum Gasteiger partial charge on any atom is 0.254 e. The van der Waals surface area contributed by atoms with Gasteiger partial charge >= 0.3 is 0 Å². The van der Waals surface area contributed by atoms with Crippen LogP contribution < -0.4 is 10.6 Å². The summed E-state index contributed by atoms with van der Waals surface area (Å²) in [5.74, 6) is 0.265. The number of benzene rings is 2. The molecule has 3 rings (SSSR count). The quantitative estimate of drug-likeness (QED) is 0.531. The molecule has 5 nitrogen and oxygen atoms in total. The third-order valence-corrected chi connectivity index (χ3v) is 5.47. The van der Waals surface area contributed by atoms with Gasteiger partial charge in [0.25, 0.3) is 5.91 Å².